The van der Waals surface area contributed by atoms with Crippen molar-refractivity contribution in [3.8, 4) is 0 Å². The summed E-state index contributed by atoms with van der Waals surface area (Å²) >= 11 is 0. The number of hydrogen-bond acceptors (Lipinski definition) is 8. The smallest absolute Gasteiger partial charge is 0.759 e. The van der Waals surface area contributed by atoms with E-state index in [9.17, 15) is 0 Å². The molecule has 1 radical (unpaired) electrons. The Kier molecular flexibility index (Phi) is 17.6. The first-order valence-corrected chi connectivity index (χ1v) is 7.83. The van der Waals surface area contributed by atoms with Crippen LogP contribution in [0.2, 0.25) is 0 Å². The zero-order chi connectivity index (χ0) is 14.4. The summed E-state index contributed by atoms with van der Waals surface area (Å²) in [6.07, 6.45) is 2.44. The van der Waals surface area contributed by atoms with Crippen molar-refractivity contribution < 1.29 is 34.6 Å². The second-order valence-corrected chi connectivity index (χ2v) is 4.93. The minimum absolute atomic E-state index is 0. The molecule has 0 saturated carbocycles. The van der Waals surface area contributed by atoms with Crippen molar-refractivity contribution in [2.24, 2.45) is 0 Å². The molecule has 125 valence electrons. The Hall–Kier alpha value is 0.229. The summed E-state index contributed by atoms with van der Waals surface area (Å²) in [5.74, 6) is 0. The molecule has 1 fully saturated rings. The van der Waals surface area contributed by atoms with Gasteiger partial charge in [0.1, 0.15) is 0 Å². The van der Waals surface area contributed by atoms with Crippen LogP contribution >= 0.6 is 0 Å². The summed E-state index contributed by atoms with van der Waals surface area (Å²) in [4.78, 5) is 0. The van der Waals surface area contributed by atoms with E-state index in [2.05, 4.69) is 21.3 Å². The van der Waals surface area contributed by atoms with Gasteiger partial charge in [-0.1, -0.05) is 0 Å². The van der Waals surface area contributed by atoms with Gasteiger partial charge in [-0.15, -0.1) is 0 Å². The third-order valence-electron chi connectivity index (χ3n) is 2.37. The first-order chi connectivity index (χ1) is 9.00. The summed E-state index contributed by atoms with van der Waals surface area (Å²) in [5.41, 5.74) is 0. The molecule has 10 heteroatoms. The maximum atomic E-state index is 8.52. The summed E-state index contributed by atoms with van der Waals surface area (Å²) in [7, 11) is -5.17. The molecule has 1 aliphatic rings. The number of hydrogen-bond donors (Lipinski definition) is 4. The number of nitrogens with one attached hydrogen (secondary N) is 4. The third kappa shape index (κ3) is 26.7. The van der Waals surface area contributed by atoms with Gasteiger partial charge >= 0.3 is 17.1 Å². The largest absolute Gasteiger partial charge is 2.00 e. The van der Waals surface area contributed by atoms with E-state index in [1.807, 2.05) is 0 Å². The van der Waals surface area contributed by atoms with E-state index in [1.165, 1.54) is 12.8 Å². The third-order valence-corrected chi connectivity index (χ3v) is 2.37. The van der Waals surface area contributed by atoms with Gasteiger partial charge in [-0.2, -0.15) is 0 Å². The van der Waals surface area contributed by atoms with Gasteiger partial charge in [-0.25, -0.2) is 0 Å². The molecule has 1 aliphatic heterocycles. The predicted molar refractivity (Wildman–Crippen MR) is 71.2 cm³/mol. The fourth-order valence-corrected chi connectivity index (χ4v) is 1.53. The Bertz CT molecular complexity index is 232. The quantitative estimate of drug-likeness (QED) is 0.218. The summed E-state index contributed by atoms with van der Waals surface area (Å²) in [6, 6.07) is 0. The number of rotatable bonds is 0. The van der Waals surface area contributed by atoms with Crippen LogP contribution < -0.4 is 21.3 Å². The van der Waals surface area contributed by atoms with Crippen LogP contribution in [-0.4, -0.2) is 69.9 Å². The van der Waals surface area contributed by atoms with E-state index in [0.29, 0.717) is 0 Å². The second kappa shape index (κ2) is 15.6. The van der Waals surface area contributed by atoms with Gasteiger partial charge in [0, 0.05) is 36.6 Å². The molecular weight excluding hydrogens is 336 g/mol. The molecule has 0 spiro atoms. The van der Waals surface area contributed by atoms with Gasteiger partial charge in [0.05, 0.1) is 0 Å². The molecule has 0 bridgehead atoms. The van der Waals surface area contributed by atoms with E-state index >= 15 is 0 Å². The van der Waals surface area contributed by atoms with Crippen molar-refractivity contribution in [2.45, 2.75) is 12.8 Å². The second-order valence-electron chi connectivity index (χ2n) is 4.12. The van der Waals surface area contributed by atoms with Crippen LogP contribution in [0.4, 0.5) is 0 Å². The van der Waals surface area contributed by atoms with Crippen LogP contribution in [0, 0.1) is 0 Å². The zero-order valence-electron chi connectivity index (χ0n) is 11.4. The minimum atomic E-state index is -5.17. The Labute approximate surface area is 131 Å². The molecule has 20 heavy (non-hydrogen) atoms. The normalized spacial score (nSPS) is 19.7. The first-order valence-electron chi connectivity index (χ1n) is 6.50. The van der Waals surface area contributed by atoms with Crippen molar-refractivity contribution >= 4 is 10.4 Å². The van der Waals surface area contributed by atoms with Crippen LogP contribution in [0.15, 0.2) is 0 Å². The molecule has 8 nitrogen and oxygen atoms in total. The predicted octanol–water partition coefficient (Wildman–Crippen LogP) is -2.20. The van der Waals surface area contributed by atoms with Gasteiger partial charge < -0.3 is 30.4 Å². The molecular formula is C10H24CuN4O4S. The molecule has 1 saturated heterocycles. The van der Waals surface area contributed by atoms with Crippen molar-refractivity contribution in [1.82, 2.24) is 21.3 Å². The van der Waals surface area contributed by atoms with Crippen molar-refractivity contribution in [2.75, 3.05) is 52.4 Å². The topological polar surface area (TPSA) is 128 Å². The van der Waals surface area contributed by atoms with Gasteiger partial charge in [-0.3, -0.25) is 8.42 Å². The molecule has 0 aromatic heterocycles. The van der Waals surface area contributed by atoms with Gasteiger partial charge in [0.2, 0.25) is 0 Å². The molecule has 4 N–H and O–H groups in total. The zero-order valence-corrected chi connectivity index (χ0v) is 13.2. The Balaban J connectivity index is 0. The fourth-order valence-electron chi connectivity index (χ4n) is 1.53. The van der Waals surface area contributed by atoms with E-state index in [1.54, 1.807) is 0 Å². The maximum Gasteiger partial charge on any atom is 2.00 e. The molecule has 1 heterocycles. The van der Waals surface area contributed by atoms with Gasteiger partial charge in [0.15, 0.2) is 0 Å². The van der Waals surface area contributed by atoms with Crippen molar-refractivity contribution in [3.63, 3.8) is 0 Å². The molecule has 0 aliphatic carbocycles. The molecule has 0 atom stereocenters. The summed E-state index contributed by atoms with van der Waals surface area (Å²) in [5, 5.41) is 13.7. The first kappa shape index (κ1) is 22.5. The average Bonchev–Trinajstić information content (AvgIpc) is 2.30. The fraction of sp³-hybridized carbons (Fsp3) is 1.00. The standard InChI is InChI=1S/C10H24N4.Cu.H2O4S/c1-3-11-7-9-13-5-2-6-14-10-8-12-4-1;;1-5(2,3)4/h11-14H,1-10H2;;(H2,1,2,3,4)/q;+2;/p-2. The Morgan fingerprint density at radius 3 is 1.00 bits per heavy atom. The van der Waals surface area contributed by atoms with E-state index in [4.69, 9.17) is 17.5 Å². The van der Waals surface area contributed by atoms with Crippen LogP contribution in [-0.2, 0) is 27.5 Å². The van der Waals surface area contributed by atoms with Crippen LogP contribution in [0.1, 0.15) is 12.8 Å². The summed E-state index contributed by atoms with van der Waals surface area (Å²) < 4.78 is 34.1. The van der Waals surface area contributed by atoms with E-state index < -0.39 is 10.4 Å². The van der Waals surface area contributed by atoms with Crippen molar-refractivity contribution in [1.29, 1.82) is 0 Å². The van der Waals surface area contributed by atoms with Crippen LogP contribution in [0.3, 0.4) is 0 Å². The molecule has 1 rings (SSSR count). The van der Waals surface area contributed by atoms with Crippen LogP contribution in [0.5, 0.6) is 0 Å². The van der Waals surface area contributed by atoms with E-state index in [-0.39, 0.29) is 17.1 Å². The van der Waals surface area contributed by atoms with Crippen molar-refractivity contribution in [3.05, 3.63) is 0 Å². The van der Waals surface area contributed by atoms with Crippen LogP contribution in [0.25, 0.3) is 0 Å². The molecule has 0 aromatic carbocycles. The van der Waals surface area contributed by atoms with Gasteiger partial charge in [-0.05, 0) is 39.0 Å². The minimum Gasteiger partial charge on any atom is -0.759 e. The SMILES string of the molecule is C1CNCCNCCCNCCNC1.O=S(=O)([O-])[O-].[Cu+2]. The van der Waals surface area contributed by atoms with E-state index in [0.717, 1.165) is 52.4 Å². The molecule has 0 amide bonds. The maximum absolute atomic E-state index is 8.52. The van der Waals surface area contributed by atoms with Gasteiger partial charge in [0.25, 0.3) is 0 Å². The Morgan fingerprint density at radius 1 is 0.600 bits per heavy atom. The summed E-state index contributed by atoms with van der Waals surface area (Å²) in [6.45, 7) is 8.87. The Morgan fingerprint density at radius 2 is 0.800 bits per heavy atom. The molecule has 0 aromatic rings. The average molecular weight is 360 g/mol. The molecule has 0 unspecified atom stereocenters. The monoisotopic (exact) mass is 359 g/mol.